The van der Waals surface area contributed by atoms with Crippen molar-refractivity contribution >= 4 is 15.9 Å². The fourth-order valence-corrected chi connectivity index (χ4v) is 1.01. The lowest BCUT2D eigenvalue weighted by molar-refractivity contribution is 0.741. The summed E-state index contributed by atoms with van der Waals surface area (Å²) in [6, 6.07) is 0. The molecule has 0 saturated heterocycles. The van der Waals surface area contributed by atoms with Crippen molar-refractivity contribution in [1.82, 2.24) is 14.8 Å². The molecule has 1 aromatic rings. The van der Waals surface area contributed by atoms with Crippen molar-refractivity contribution in [2.24, 2.45) is 0 Å². The number of alkyl halides is 1. The van der Waals surface area contributed by atoms with Crippen LogP contribution in [0.15, 0.2) is 6.33 Å². The van der Waals surface area contributed by atoms with Crippen molar-refractivity contribution in [3.63, 3.8) is 0 Å². The van der Waals surface area contributed by atoms with Crippen molar-refractivity contribution in [2.75, 3.05) is 5.33 Å². The van der Waals surface area contributed by atoms with E-state index in [9.17, 15) is 0 Å². The molecule has 0 aliphatic carbocycles. The fourth-order valence-electron chi connectivity index (χ4n) is 0.623. The van der Waals surface area contributed by atoms with E-state index in [1.54, 1.807) is 6.33 Å². The summed E-state index contributed by atoms with van der Waals surface area (Å²) in [4.78, 5) is 0. The van der Waals surface area contributed by atoms with Crippen LogP contribution in [0.5, 0.6) is 0 Å². The lowest BCUT2D eigenvalue weighted by atomic mass is 10.6. The lowest BCUT2D eigenvalue weighted by Crippen LogP contribution is -1.98. The molecule has 0 radical (unpaired) electrons. The van der Waals surface area contributed by atoms with Crippen LogP contribution >= 0.6 is 15.9 Å². The van der Waals surface area contributed by atoms with Gasteiger partial charge in [0, 0.05) is 11.9 Å². The van der Waals surface area contributed by atoms with E-state index in [1.807, 2.05) is 11.5 Å². The molecule has 1 heterocycles. The monoisotopic (exact) mass is 189 g/mol. The van der Waals surface area contributed by atoms with Crippen LogP contribution in [0.3, 0.4) is 0 Å². The third kappa shape index (κ3) is 1.51. The van der Waals surface area contributed by atoms with Gasteiger partial charge in [-0.2, -0.15) is 0 Å². The average Bonchev–Trinajstić information content (AvgIpc) is 2.18. The van der Waals surface area contributed by atoms with Crippen LogP contribution < -0.4 is 0 Å². The van der Waals surface area contributed by atoms with Crippen molar-refractivity contribution < 1.29 is 0 Å². The number of hydrogen-bond donors (Lipinski definition) is 0. The molecule has 1 rings (SSSR count). The molecule has 0 unspecified atom stereocenters. The number of nitrogens with zero attached hydrogens (tertiary/aromatic N) is 3. The Labute approximate surface area is 62.2 Å². The van der Waals surface area contributed by atoms with Crippen LogP contribution in [0, 0.1) is 6.92 Å². The Morgan fingerprint density at radius 2 is 2.56 bits per heavy atom. The minimum absolute atomic E-state index is 0.943. The van der Waals surface area contributed by atoms with Crippen LogP contribution in [0.25, 0.3) is 0 Å². The van der Waals surface area contributed by atoms with E-state index < -0.39 is 0 Å². The largest absolute Gasteiger partial charge is 0.317 e. The second-order valence-electron chi connectivity index (χ2n) is 1.76. The Balaban J connectivity index is 2.69. The van der Waals surface area contributed by atoms with E-state index >= 15 is 0 Å². The van der Waals surface area contributed by atoms with Gasteiger partial charge in [0.15, 0.2) is 0 Å². The first-order valence-electron chi connectivity index (χ1n) is 2.75. The Bertz CT molecular complexity index is 184. The second-order valence-corrected chi connectivity index (χ2v) is 2.55. The standard InChI is InChI=1S/C5H8BrN3/c1-5-8-7-4-9(5)3-2-6/h4H,2-3H2,1H3. The van der Waals surface area contributed by atoms with Crippen LogP contribution in [0.4, 0.5) is 0 Å². The fraction of sp³-hybridized carbons (Fsp3) is 0.600. The summed E-state index contributed by atoms with van der Waals surface area (Å²) in [5.74, 6) is 0.967. The molecule has 3 nitrogen and oxygen atoms in total. The smallest absolute Gasteiger partial charge is 0.129 e. The molecule has 1 aromatic heterocycles. The molecule has 0 bridgehead atoms. The predicted molar refractivity (Wildman–Crippen MR) is 38.6 cm³/mol. The highest BCUT2D eigenvalue weighted by Gasteiger charge is 1.93. The van der Waals surface area contributed by atoms with E-state index in [-0.39, 0.29) is 0 Å². The molecule has 4 heteroatoms. The van der Waals surface area contributed by atoms with Gasteiger partial charge in [-0.25, -0.2) is 0 Å². The zero-order valence-electron chi connectivity index (χ0n) is 5.21. The van der Waals surface area contributed by atoms with Crippen LogP contribution in [0.2, 0.25) is 0 Å². The second kappa shape index (κ2) is 2.96. The van der Waals surface area contributed by atoms with Gasteiger partial charge in [0.2, 0.25) is 0 Å². The number of aromatic nitrogens is 3. The van der Waals surface area contributed by atoms with Gasteiger partial charge in [-0.15, -0.1) is 10.2 Å². The zero-order valence-corrected chi connectivity index (χ0v) is 6.80. The summed E-state index contributed by atoms with van der Waals surface area (Å²) in [5.41, 5.74) is 0. The van der Waals surface area contributed by atoms with Gasteiger partial charge >= 0.3 is 0 Å². The van der Waals surface area contributed by atoms with E-state index in [1.165, 1.54) is 0 Å². The minimum atomic E-state index is 0.943. The van der Waals surface area contributed by atoms with Crippen LogP contribution in [-0.2, 0) is 6.54 Å². The van der Waals surface area contributed by atoms with Crippen LogP contribution in [-0.4, -0.2) is 20.1 Å². The summed E-state index contributed by atoms with van der Waals surface area (Å²) in [7, 11) is 0. The molecule has 0 saturated carbocycles. The summed E-state index contributed by atoms with van der Waals surface area (Å²) in [6.45, 7) is 2.88. The topological polar surface area (TPSA) is 30.7 Å². The Kier molecular flexibility index (Phi) is 2.22. The summed E-state index contributed by atoms with van der Waals surface area (Å²) in [5, 5.41) is 8.51. The lowest BCUT2D eigenvalue weighted by Gasteiger charge is -1.96. The Morgan fingerprint density at radius 1 is 1.78 bits per heavy atom. The maximum absolute atomic E-state index is 3.83. The minimum Gasteiger partial charge on any atom is -0.317 e. The molecule has 0 aliphatic rings. The van der Waals surface area contributed by atoms with Gasteiger partial charge < -0.3 is 4.57 Å². The number of rotatable bonds is 2. The molecule has 50 valence electrons. The average molecular weight is 190 g/mol. The number of hydrogen-bond acceptors (Lipinski definition) is 2. The maximum atomic E-state index is 3.83. The predicted octanol–water partition coefficient (Wildman–Crippen LogP) is 0.981. The quantitative estimate of drug-likeness (QED) is 0.650. The highest BCUT2D eigenvalue weighted by Crippen LogP contribution is 1.93. The molecular weight excluding hydrogens is 182 g/mol. The van der Waals surface area contributed by atoms with E-state index in [2.05, 4.69) is 26.1 Å². The normalized spacial score (nSPS) is 10.0. The van der Waals surface area contributed by atoms with Gasteiger partial charge in [-0.05, 0) is 6.92 Å². The molecule has 0 spiro atoms. The van der Waals surface area contributed by atoms with E-state index in [4.69, 9.17) is 0 Å². The molecule has 0 fully saturated rings. The molecule has 0 aromatic carbocycles. The SMILES string of the molecule is Cc1nncn1CCBr. The first kappa shape index (κ1) is 6.74. The van der Waals surface area contributed by atoms with Crippen LogP contribution in [0.1, 0.15) is 5.82 Å². The summed E-state index contributed by atoms with van der Waals surface area (Å²) >= 11 is 3.33. The molecule has 0 amide bonds. The summed E-state index contributed by atoms with van der Waals surface area (Å²) in [6.07, 6.45) is 1.73. The molecule has 0 aliphatic heterocycles. The van der Waals surface area contributed by atoms with Crippen molar-refractivity contribution in [3.05, 3.63) is 12.2 Å². The molecule has 0 atom stereocenters. The van der Waals surface area contributed by atoms with Gasteiger partial charge in [0.1, 0.15) is 12.2 Å². The Hall–Kier alpha value is -0.380. The first-order valence-corrected chi connectivity index (χ1v) is 3.87. The van der Waals surface area contributed by atoms with Gasteiger partial charge in [0.05, 0.1) is 0 Å². The van der Waals surface area contributed by atoms with Gasteiger partial charge in [-0.3, -0.25) is 0 Å². The third-order valence-corrected chi connectivity index (χ3v) is 1.49. The Morgan fingerprint density at radius 3 is 3.00 bits per heavy atom. The van der Waals surface area contributed by atoms with Crippen molar-refractivity contribution in [3.8, 4) is 0 Å². The third-order valence-electron chi connectivity index (χ3n) is 1.13. The molecular formula is C5H8BrN3. The van der Waals surface area contributed by atoms with E-state index in [0.29, 0.717) is 0 Å². The highest BCUT2D eigenvalue weighted by molar-refractivity contribution is 9.09. The van der Waals surface area contributed by atoms with Gasteiger partial charge in [0.25, 0.3) is 0 Å². The summed E-state index contributed by atoms with van der Waals surface area (Å²) < 4.78 is 1.99. The highest BCUT2D eigenvalue weighted by atomic mass is 79.9. The van der Waals surface area contributed by atoms with Crippen molar-refractivity contribution in [1.29, 1.82) is 0 Å². The molecule has 9 heavy (non-hydrogen) atoms. The zero-order chi connectivity index (χ0) is 6.69. The maximum Gasteiger partial charge on any atom is 0.129 e. The van der Waals surface area contributed by atoms with E-state index in [0.717, 1.165) is 17.7 Å². The number of halogens is 1. The molecule has 0 N–H and O–H groups in total. The van der Waals surface area contributed by atoms with Gasteiger partial charge in [-0.1, -0.05) is 15.9 Å². The first-order chi connectivity index (χ1) is 4.34. The van der Waals surface area contributed by atoms with Crippen molar-refractivity contribution in [2.45, 2.75) is 13.5 Å². The number of aryl methyl sites for hydroxylation is 2.